The number of nitrogens with zero attached hydrogens (tertiary/aromatic N) is 2. The highest BCUT2D eigenvalue weighted by molar-refractivity contribution is 14.0. The van der Waals surface area contributed by atoms with Crippen LogP contribution in [0.4, 0.5) is 0 Å². The van der Waals surface area contributed by atoms with Crippen LogP contribution in [-0.4, -0.2) is 63.8 Å². The van der Waals surface area contributed by atoms with Gasteiger partial charge in [0.25, 0.3) is 0 Å². The smallest absolute Gasteiger partial charge is 0.214 e. The average molecular weight is 500 g/mol. The summed E-state index contributed by atoms with van der Waals surface area (Å²) < 4.78 is 35.7. The Kier molecular flexibility index (Phi) is 11.2. The molecule has 0 amide bonds. The van der Waals surface area contributed by atoms with E-state index in [0.29, 0.717) is 51.8 Å². The van der Waals surface area contributed by atoms with Gasteiger partial charge in [-0.05, 0) is 31.9 Å². The summed E-state index contributed by atoms with van der Waals surface area (Å²) in [6.45, 7) is 6.09. The largest absolute Gasteiger partial charge is 0.467 e. The summed E-state index contributed by atoms with van der Waals surface area (Å²) in [5, 5.41) is 6.33. The standard InChI is InChI=1S/C16H28N4O4S.HI/c1-2-17-16(19-8-10-20-9-5-13-25(20,21)22)18-7-4-11-23-14-15-6-3-12-24-15;/h3,6,12H,2,4-5,7-11,13-14H2,1H3,(H2,17,18,19);1H. The van der Waals surface area contributed by atoms with Gasteiger partial charge in [0.2, 0.25) is 10.0 Å². The number of aliphatic imine (C=N–C) groups is 1. The molecule has 0 radical (unpaired) electrons. The van der Waals surface area contributed by atoms with Crippen LogP contribution in [0.1, 0.15) is 25.5 Å². The van der Waals surface area contributed by atoms with Crippen LogP contribution in [0.25, 0.3) is 0 Å². The fourth-order valence-electron chi connectivity index (χ4n) is 2.51. The van der Waals surface area contributed by atoms with Gasteiger partial charge >= 0.3 is 0 Å². The van der Waals surface area contributed by atoms with E-state index in [-0.39, 0.29) is 29.7 Å². The topological polar surface area (TPSA) is 96.2 Å². The second-order valence-electron chi connectivity index (χ2n) is 5.74. The second kappa shape index (κ2) is 12.5. The van der Waals surface area contributed by atoms with E-state index in [9.17, 15) is 8.42 Å². The van der Waals surface area contributed by atoms with Crippen LogP contribution in [0, 0.1) is 0 Å². The van der Waals surface area contributed by atoms with Gasteiger partial charge < -0.3 is 19.8 Å². The molecule has 26 heavy (non-hydrogen) atoms. The molecule has 1 saturated heterocycles. The molecule has 0 aliphatic carbocycles. The summed E-state index contributed by atoms with van der Waals surface area (Å²) in [7, 11) is -3.03. The van der Waals surface area contributed by atoms with Crippen molar-refractivity contribution in [1.29, 1.82) is 0 Å². The van der Waals surface area contributed by atoms with Crippen LogP contribution in [0.3, 0.4) is 0 Å². The highest BCUT2D eigenvalue weighted by Crippen LogP contribution is 2.11. The van der Waals surface area contributed by atoms with Crippen LogP contribution in [0.15, 0.2) is 27.8 Å². The zero-order valence-corrected chi connectivity index (χ0v) is 18.3. The number of sulfonamides is 1. The van der Waals surface area contributed by atoms with Gasteiger partial charge in [0.1, 0.15) is 12.4 Å². The minimum atomic E-state index is -3.03. The first-order valence-corrected chi connectivity index (χ1v) is 10.3. The molecule has 0 atom stereocenters. The molecular formula is C16H29IN4O4S. The van der Waals surface area contributed by atoms with E-state index in [2.05, 4.69) is 15.6 Å². The van der Waals surface area contributed by atoms with Crippen molar-refractivity contribution in [2.45, 2.75) is 26.4 Å². The van der Waals surface area contributed by atoms with Gasteiger partial charge in [-0.15, -0.1) is 24.0 Å². The molecule has 1 fully saturated rings. The van der Waals surface area contributed by atoms with Crippen molar-refractivity contribution < 1.29 is 17.6 Å². The molecule has 0 unspecified atom stereocenters. The van der Waals surface area contributed by atoms with Crippen molar-refractivity contribution >= 4 is 40.0 Å². The predicted octanol–water partition coefficient (Wildman–Crippen LogP) is 1.39. The fourth-order valence-corrected chi connectivity index (χ4v) is 4.04. The quantitative estimate of drug-likeness (QED) is 0.218. The lowest BCUT2D eigenvalue weighted by Crippen LogP contribution is -2.42. The fraction of sp³-hybridized carbons (Fsp3) is 0.688. The van der Waals surface area contributed by atoms with Gasteiger partial charge in [-0.2, -0.15) is 0 Å². The molecule has 1 aliphatic rings. The molecule has 1 aromatic heterocycles. The third-order valence-electron chi connectivity index (χ3n) is 3.74. The molecule has 2 heterocycles. The summed E-state index contributed by atoms with van der Waals surface area (Å²) >= 11 is 0. The number of hydrogen-bond donors (Lipinski definition) is 2. The molecular weight excluding hydrogens is 471 g/mol. The van der Waals surface area contributed by atoms with Gasteiger partial charge in [-0.25, -0.2) is 12.7 Å². The van der Waals surface area contributed by atoms with Crippen molar-refractivity contribution in [3.8, 4) is 0 Å². The lowest BCUT2D eigenvalue weighted by molar-refractivity contribution is 0.105. The number of nitrogens with one attached hydrogen (secondary N) is 2. The van der Waals surface area contributed by atoms with E-state index < -0.39 is 10.0 Å². The molecule has 10 heteroatoms. The normalized spacial score (nSPS) is 17.0. The molecule has 2 rings (SSSR count). The minimum Gasteiger partial charge on any atom is -0.467 e. The molecule has 0 spiro atoms. The maximum absolute atomic E-state index is 11.8. The number of guanidine groups is 1. The Balaban J connectivity index is 0.00000338. The molecule has 0 aromatic carbocycles. The van der Waals surface area contributed by atoms with Crippen LogP contribution >= 0.6 is 24.0 Å². The van der Waals surface area contributed by atoms with E-state index in [1.807, 2.05) is 19.1 Å². The number of halogens is 1. The average Bonchev–Trinajstić information content (AvgIpc) is 3.20. The number of ether oxygens (including phenoxy) is 1. The van der Waals surface area contributed by atoms with Crippen LogP contribution in [0.5, 0.6) is 0 Å². The summed E-state index contributed by atoms with van der Waals surface area (Å²) in [6, 6.07) is 3.72. The summed E-state index contributed by atoms with van der Waals surface area (Å²) in [4.78, 5) is 4.47. The van der Waals surface area contributed by atoms with E-state index in [4.69, 9.17) is 9.15 Å². The van der Waals surface area contributed by atoms with Crippen molar-refractivity contribution in [3.63, 3.8) is 0 Å². The SMILES string of the molecule is CCNC(=NCCCOCc1ccco1)NCCN1CCCS1(=O)=O.I. The summed E-state index contributed by atoms with van der Waals surface area (Å²) in [6.07, 6.45) is 3.15. The van der Waals surface area contributed by atoms with Crippen molar-refractivity contribution in [1.82, 2.24) is 14.9 Å². The van der Waals surface area contributed by atoms with Crippen LogP contribution < -0.4 is 10.6 Å². The first-order valence-electron chi connectivity index (χ1n) is 8.72. The molecule has 1 aromatic rings. The maximum atomic E-state index is 11.8. The Hall–Kier alpha value is -0.850. The van der Waals surface area contributed by atoms with E-state index in [0.717, 1.165) is 18.7 Å². The van der Waals surface area contributed by atoms with E-state index in [1.165, 1.54) is 4.31 Å². The first-order chi connectivity index (χ1) is 12.1. The van der Waals surface area contributed by atoms with Crippen LogP contribution in [0.2, 0.25) is 0 Å². The second-order valence-corrected chi connectivity index (χ2v) is 7.83. The number of rotatable bonds is 10. The number of furan rings is 1. The van der Waals surface area contributed by atoms with Crippen molar-refractivity contribution in [2.24, 2.45) is 4.99 Å². The number of hydrogen-bond acceptors (Lipinski definition) is 5. The molecule has 1 aliphatic heterocycles. The minimum absolute atomic E-state index is 0. The van der Waals surface area contributed by atoms with Gasteiger partial charge in [0.15, 0.2) is 5.96 Å². The monoisotopic (exact) mass is 500 g/mol. The Bertz CT molecular complexity index is 622. The third-order valence-corrected chi connectivity index (χ3v) is 5.70. The van der Waals surface area contributed by atoms with Gasteiger partial charge in [0.05, 0.1) is 12.0 Å². The molecule has 0 bridgehead atoms. The summed E-state index contributed by atoms with van der Waals surface area (Å²) in [5.41, 5.74) is 0. The maximum Gasteiger partial charge on any atom is 0.214 e. The Labute approximate surface area is 172 Å². The first kappa shape index (κ1) is 23.2. The molecule has 8 nitrogen and oxygen atoms in total. The highest BCUT2D eigenvalue weighted by atomic mass is 127. The highest BCUT2D eigenvalue weighted by Gasteiger charge is 2.27. The zero-order chi connectivity index (χ0) is 18.0. The summed E-state index contributed by atoms with van der Waals surface area (Å²) in [5.74, 6) is 1.78. The molecule has 150 valence electrons. The molecule has 2 N–H and O–H groups in total. The lowest BCUT2D eigenvalue weighted by atomic mass is 10.4. The van der Waals surface area contributed by atoms with E-state index >= 15 is 0 Å². The lowest BCUT2D eigenvalue weighted by Gasteiger charge is -2.16. The zero-order valence-electron chi connectivity index (χ0n) is 15.1. The van der Waals surface area contributed by atoms with E-state index in [1.54, 1.807) is 6.26 Å². The van der Waals surface area contributed by atoms with Crippen molar-refractivity contribution in [2.75, 3.05) is 45.1 Å². The Morgan fingerprint density at radius 3 is 2.92 bits per heavy atom. The van der Waals surface area contributed by atoms with Crippen molar-refractivity contribution in [3.05, 3.63) is 24.2 Å². The third kappa shape index (κ3) is 8.23. The van der Waals surface area contributed by atoms with Crippen LogP contribution in [-0.2, 0) is 21.4 Å². The van der Waals surface area contributed by atoms with Gasteiger partial charge in [-0.1, -0.05) is 0 Å². The van der Waals surface area contributed by atoms with Gasteiger partial charge in [-0.3, -0.25) is 4.99 Å². The Morgan fingerprint density at radius 2 is 2.27 bits per heavy atom. The predicted molar refractivity (Wildman–Crippen MR) is 112 cm³/mol. The van der Waals surface area contributed by atoms with Gasteiger partial charge in [0, 0.05) is 39.3 Å². The molecule has 0 saturated carbocycles. The Morgan fingerprint density at radius 1 is 1.42 bits per heavy atom.